The van der Waals surface area contributed by atoms with E-state index in [-0.39, 0.29) is 43.3 Å². The van der Waals surface area contributed by atoms with Crippen LogP contribution in [0.4, 0.5) is 13.2 Å². The van der Waals surface area contributed by atoms with E-state index in [0.29, 0.717) is 13.0 Å². The molecule has 0 spiro atoms. The number of halogens is 3. The van der Waals surface area contributed by atoms with E-state index in [9.17, 15) is 26.4 Å². The minimum atomic E-state index is -4.24. The molecule has 122 valence electrons. The molecule has 5 nitrogen and oxygen atoms in total. The standard InChI is InChI=1S/C12H19F3N2O3S/c13-12(14,15)9-2-3-10(16-8-9)11(18)17-4-1-6-21(19,20)7-5-17/h9-10,16H,1-8H2. The number of alkyl halides is 3. The third-order valence-electron chi connectivity index (χ3n) is 4.04. The topological polar surface area (TPSA) is 66.5 Å². The molecule has 1 amide bonds. The Morgan fingerprint density at radius 3 is 2.43 bits per heavy atom. The molecule has 21 heavy (non-hydrogen) atoms. The zero-order chi connectivity index (χ0) is 15.7. The maximum atomic E-state index is 12.6. The fourth-order valence-electron chi connectivity index (χ4n) is 2.73. The Morgan fingerprint density at radius 2 is 1.86 bits per heavy atom. The molecule has 0 aromatic carbocycles. The van der Waals surface area contributed by atoms with Gasteiger partial charge in [-0.05, 0) is 19.3 Å². The highest BCUT2D eigenvalue weighted by Crippen LogP contribution is 2.32. The lowest BCUT2D eigenvalue weighted by Crippen LogP contribution is -2.52. The van der Waals surface area contributed by atoms with Crippen LogP contribution in [0, 0.1) is 5.92 Å². The first-order valence-electron chi connectivity index (χ1n) is 6.98. The molecule has 2 heterocycles. The van der Waals surface area contributed by atoms with Crippen molar-refractivity contribution in [2.45, 2.75) is 31.5 Å². The predicted octanol–water partition coefficient (Wildman–Crippen LogP) is 0.564. The van der Waals surface area contributed by atoms with Crippen molar-refractivity contribution in [3.8, 4) is 0 Å². The first-order valence-corrected chi connectivity index (χ1v) is 8.80. The Bertz CT molecular complexity index is 484. The Morgan fingerprint density at radius 1 is 1.14 bits per heavy atom. The summed E-state index contributed by atoms with van der Waals surface area (Å²) < 4.78 is 60.7. The molecule has 2 atom stereocenters. The van der Waals surface area contributed by atoms with E-state index < -0.39 is 28.0 Å². The number of rotatable bonds is 1. The third-order valence-corrected chi connectivity index (χ3v) is 5.76. The van der Waals surface area contributed by atoms with Gasteiger partial charge in [0.15, 0.2) is 9.84 Å². The number of hydrogen-bond acceptors (Lipinski definition) is 4. The van der Waals surface area contributed by atoms with Gasteiger partial charge >= 0.3 is 6.18 Å². The van der Waals surface area contributed by atoms with E-state index in [1.54, 1.807) is 0 Å². The van der Waals surface area contributed by atoms with Gasteiger partial charge in [0.05, 0.1) is 23.5 Å². The number of piperidine rings is 1. The maximum Gasteiger partial charge on any atom is 0.393 e. The summed E-state index contributed by atoms with van der Waals surface area (Å²) in [5.41, 5.74) is 0. The van der Waals surface area contributed by atoms with Crippen molar-refractivity contribution in [3.05, 3.63) is 0 Å². The fourth-order valence-corrected chi connectivity index (χ4v) is 4.00. The molecule has 0 aromatic heterocycles. The van der Waals surface area contributed by atoms with Gasteiger partial charge in [-0.25, -0.2) is 8.42 Å². The van der Waals surface area contributed by atoms with Crippen LogP contribution in [0.2, 0.25) is 0 Å². The summed E-state index contributed by atoms with van der Waals surface area (Å²) in [5, 5.41) is 2.65. The molecular weight excluding hydrogens is 309 g/mol. The smallest absolute Gasteiger partial charge is 0.340 e. The van der Waals surface area contributed by atoms with Crippen LogP contribution in [0.1, 0.15) is 19.3 Å². The van der Waals surface area contributed by atoms with Crippen LogP contribution < -0.4 is 5.32 Å². The summed E-state index contributed by atoms with van der Waals surface area (Å²) in [4.78, 5) is 13.7. The van der Waals surface area contributed by atoms with Crippen molar-refractivity contribution in [3.63, 3.8) is 0 Å². The van der Waals surface area contributed by atoms with Gasteiger partial charge in [-0.2, -0.15) is 13.2 Å². The number of hydrogen-bond donors (Lipinski definition) is 1. The van der Waals surface area contributed by atoms with E-state index in [2.05, 4.69) is 5.32 Å². The average Bonchev–Trinajstić information content (AvgIpc) is 2.58. The molecule has 9 heteroatoms. The molecular formula is C12H19F3N2O3S. The number of sulfone groups is 1. The second-order valence-electron chi connectivity index (χ2n) is 5.61. The minimum absolute atomic E-state index is 0.0605. The lowest BCUT2D eigenvalue weighted by molar-refractivity contribution is -0.180. The van der Waals surface area contributed by atoms with Gasteiger partial charge < -0.3 is 10.2 Å². The lowest BCUT2D eigenvalue weighted by atomic mass is 9.93. The number of carbonyl (C=O) groups is 1. The number of nitrogens with zero attached hydrogens (tertiary/aromatic N) is 1. The van der Waals surface area contributed by atoms with Crippen molar-refractivity contribution < 1.29 is 26.4 Å². The van der Waals surface area contributed by atoms with Crippen LogP contribution in [0.3, 0.4) is 0 Å². The summed E-state index contributed by atoms with van der Waals surface area (Å²) in [7, 11) is -3.11. The Labute approximate surface area is 121 Å². The van der Waals surface area contributed by atoms with Crippen LogP contribution in [0.15, 0.2) is 0 Å². The fraction of sp³-hybridized carbons (Fsp3) is 0.917. The van der Waals surface area contributed by atoms with Crippen molar-refractivity contribution in [2.24, 2.45) is 5.92 Å². The van der Waals surface area contributed by atoms with Gasteiger partial charge in [0, 0.05) is 19.6 Å². The number of nitrogens with one attached hydrogen (secondary N) is 1. The van der Waals surface area contributed by atoms with Crippen molar-refractivity contribution >= 4 is 15.7 Å². The van der Waals surface area contributed by atoms with Gasteiger partial charge in [-0.1, -0.05) is 0 Å². The molecule has 0 aromatic rings. The van der Waals surface area contributed by atoms with Gasteiger partial charge in [0.1, 0.15) is 0 Å². The quantitative estimate of drug-likeness (QED) is 0.764. The van der Waals surface area contributed by atoms with Gasteiger partial charge in [-0.15, -0.1) is 0 Å². The molecule has 2 saturated heterocycles. The second kappa shape index (κ2) is 6.12. The van der Waals surface area contributed by atoms with Gasteiger partial charge in [-0.3, -0.25) is 4.79 Å². The molecule has 2 aliphatic rings. The van der Waals surface area contributed by atoms with Gasteiger partial charge in [0.25, 0.3) is 0 Å². The predicted molar refractivity (Wildman–Crippen MR) is 70.4 cm³/mol. The summed E-state index contributed by atoms with van der Waals surface area (Å²) in [6.45, 7) is 0.215. The number of carbonyl (C=O) groups excluding carboxylic acids is 1. The summed E-state index contributed by atoms with van der Waals surface area (Å²) >= 11 is 0. The zero-order valence-corrected chi connectivity index (χ0v) is 12.3. The average molecular weight is 328 g/mol. The summed E-state index contributed by atoms with van der Waals surface area (Å²) in [6, 6.07) is -0.635. The molecule has 0 aliphatic carbocycles. The van der Waals surface area contributed by atoms with Gasteiger partial charge in [0.2, 0.25) is 5.91 Å². The zero-order valence-electron chi connectivity index (χ0n) is 11.5. The van der Waals surface area contributed by atoms with Crippen LogP contribution in [-0.4, -0.2) is 62.6 Å². The molecule has 0 saturated carbocycles. The molecule has 2 fully saturated rings. The van der Waals surface area contributed by atoms with Crippen LogP contribution in [-0.2, 0) is 14.6 Å². The highest BCUT2D eigenvalue weighted by Gasteiger charge is 2.43. The first-order chi connectivity index (χ1) is 9.69. The van der Waals surface area contributed by atoms with E-state index in [4.69, 9.17) is 0 Å². The first kappa shape index (κ1) is 16.5. The summed E-state index contributed by atoms with van der Waals surface area (Å²) in [6.07, 6.45) is -3.80. The molecule has 1 N–H and O–H groups in total. The lowest BCUT2D eigenvalue weighted by Gasteiger charge is -2.33. The van der Waals surface area contributed by atoms with E-state index in [0.717, 1.165) is 0 Å². The van der Waals surface area contributed by atoms with Crippen molar-refractivity contribution in [1.29, 1.82) is 0 Å². The Kier molecular flexibility index (Phi) is 4.82. The van der Waals surface area contributed by atoms with E-state index in [1.807, 2.05) is 0 Å². The van der Waals surface area contributed by atoms with Crippen molar-refractivity contribution in [1.82, 2.24) is 10.2 Å². The summed E-state index contributed by atoms with van der Waals surface area (Å²) in [5.74, 6) is -1.71. The molecule has 0 radical (unpaired) electrons. The van der Waals surface area contributed by atoms with Crippen LogP contribution in [0.25, 0.3) is 0 Å². The van der Waals surface area contributed by atoms with Crippen LogP contribution >= 0.6 is 0 Å². The minimum Gasteiger partial charge on any atom is -0.340 e. The number of amides is 1. The van der Waals surface area contributed by atoms with Crippen LogP contribution in [0.5, 0.6) is 0 Å². The highest BCUT2D eigenvalue weighted by atomic mass is 32.2. The third kappa shape index (κ3) is 4.32. The maximum absolute atomic E-state index is 12.6. The molecule has 2 unspecified atom stereocenters. The largest absolute Gasteiger partial charge is 0.393 e. The Hall–Kier alpha value is -0.830. The molecule has 2 aliphatic heterocycles. The van der Waals surface area contributed by atoms with E-state index >= 15 is 0 Å². The Balaban J connectivity index is 1.90. The highest BCUT2D eigenvalue weighted by molar-refractivity contribution is 7.91. The normalized spacial score (nSPS) is 30.7. The monoisotopic (exact) mass is 328 g/mol. The second-order valence-corrected chi connectivity index (χ2v) is 7.91. The molecule has 2 rings (SSSR count). The van der Waals surface area contributed by atoms with E-state index in [1.165, 1.54) is 4.90 Å². The van der Waals surface area contributed by atoms with Crippen molar-refractivity contribution in [2.75, 3.05) is 31.1 Å². The molecule has 0 bridgehead atoms. The SMILES string of the molecule is O=C(C1CCC(C(F)(F)F)CN1)N1CCCS(=O)(=O)CC1.